The lowest BCUT2D eigenvalue weighted by atomic mass is 9.98. The Balaban J connectivity index is 3.06. The van der Waals surface area contributed by atoms with Crippen LogP contribution in [-0.4, -0.2) is 36.2 Å². The molecule has 0 aromatic carbocycles. The van der Waals surface area contributed by atoms with Gasteiger partial charge < -0.3 is 14.8 Å². The smallest absolute Gasteiger partial charge is 0.346 e. The third-order valence-corrected chi connectivity index (χ3v) is 2.77. The van der Waals surface area contributed by atoms with E-state index in [4.69, 9.17) is 9.47 Å². The van der Waals surface area contributed by atoms with E-state index in [1.807, 2.05) is 0 Å². The normalized spacial score (nSPS) is 16.4. The summed E-state index contributed by atoms with van der Waals surface area (Å²) in [5.74, 6) is -1.18. The van der Waals surface area contributed by atoms with Gasteiger partial charge in [-0.15, -0.1) is 0 Å². The molecule has 0 aromatic heterocycles. The van der Waals surface area contributed by atoms with Gasteiger partial charge in [-0.2, -0.15) is 0 Å². The second kappa shape index (κ2) is 6.60. The molecule has 0 spiro atoms. The van der Waals surface area contributed by atoms with Crippen LogP contribution in [0.25, 0.3) is 0 Å². The van der Waals surface area contributed by atoms with Crippen LogP contribution in [0.3, 0.4) is 0 Å². The molecule has 120 valence electrons. The Bertz CT molecular complexity index is 400. The summed E-state index contributed by atoms with van der Waals surface area (Å²) >= 11 is 0. The second-order valence-corrected chi connectivity index (χ2v) is 7.23. The Kier molecular flexibility index (Phi) is 5.56. The molecule has 0 bridgehead atoms. The predicted molar refractivity (Wildman–Crippen MR) is 80.8 cm³/mol. The number of ether oxygens (including phenoxy) is 2. The molecule has 1 rings (SSSR count). The number of esters is 2. The van der Waals surface area contributed by atoms with Crippen LogP contribution in [0.15, 0.2) is 11.1 Å². The first kappa shape index (κ1) is 17.7. The maximum Gasteiger partial charge on any atom is 0.346 e. The van der Waals surface area contributed by atoms with E-state index < -0.39 is 23.1 Å². The van der Waals surface area contributed by atoms with Crippen molar-refractivity contribution in [2.24, 2.45) is 0 Å². The van der Waals surface area contributed by atoms with Crippen molar-refractivity contribution in [1.29, 1.82) is 0 Å². The molecule has 0 aliphatic carbocycles. The quantitative estimate of drug-likeness (QED) is 0.367. The first-order valence-electron chi connectivity index (χ1n) is 7.39. The van der Waals surface area contributed by atoms with Crippen molar-refractivity contribution in [3.05, 3.63) is 11.1 Å². The SMILES string of the molecule is CC(C)(C)OC(=O)C(C(=O)OC(C)(C)C)=C1CCNCC1. The van der Waals surface area contributed by atoms with Gasteiger partial charge in [-0.1, -0.05) is 0 Å². The van der Waals surface area contributed by atoms with Crippen molar-refractivity contribution in [3.63, 3.8) is 0 Å². The maximum absolute atomic E-state index is 12.4. The summed E-state index contributed by atoms with van der Waals surface area (Å²) in [7, 11) is 0. The molecule has 0 aromatic rings. The molecule has 1 aliphatic rings. The zero-order valence-electron chi connectivity index (χ0n) is 14.0. The van der Waals surface area contributed by atoms with Crippen molar-refractivity contribution >= 4 is 11.9 Å². The highest BCUT2D eigenvalue weighted by Gasteiger charge is 2.32. The third kappa shape index (κ3) is 6.29. The Hall–Kier alpha value is -1.36. The van der Waals surface area contributed by atoms with Crippen LogP contribution in [0.5, 0.6) is 0 Å². The molecule has 1 aliphatic heterocycles. The first-order valence-corrected chi connectivity index (χ1v) is 7.39. The van der Waals surface area contributed by atoms with E-state index in [0.29, 0.717) is 12.8 Å². The van der Waals surface area contributed by atoms with Gasteiger partial charge >= 0.3 is 11.9 Å². The number of hydrogen-bond acceptors (Lipinski definition) is 5. The number of hydrogen-bond donors (Lipinski definition) is 1. The summed E-state index contributed by atoms with van der Waals surface area (Å²) in [6.07, 6.45) is 1.32. The highest BCUT2D eigenvalue weighted by atomic mass is 16.6. The molecule has 1 heterocycles. The van der Waals surface area contributed by atoms with Gasteiger partial charge in [0, 0.05) is 0 Å². The molecule has 5 nitrogen and oxygen atoms in total. The summed E-state index contributed by atoms with van der Waals surface area (Å²) in [4.78, 5) is 24.8. The van der Waals surface area contributed by atoms with E-state index in [1.165, 1.54) is 0 Å². The van der Waals surface area contributed by atoms with Crippen molar-refractivity contribution in [3.8, 4) is 0 Å². The third-order valence-electron chi connectivity index (χ3n) is 2.77. The Morgan fingerprint density at radius 1 is 0.857 bits per heavy atom. The fourth-order valence-electron chi connectivity index (χ4n) is 2.01. The van der Waals surface area contributed by atoms with E-state index in [1.54, 1.807) is 41.5 Å². The first-order chi connectivity index (χ1) is 9.49. The summed E-state index contributed by atoms with van der Waals surface area (Å²) < 4.78 is 10.7. The Morgan fingerprint density at radius 3 is 1.57 bits per heavy atom. The lowest BCUT2D eigenvalue weighted by molar-refractivity contribution is -0.158. The van der Waals surface area contributed by atoms with Crippen molar-refractivity contribution in [2.45, 2.75) is 65.6 Å². The molecule has 0 amide bonds. The summed E-state index contributed by atoms with van der Waals surface area (Å²) in [6, 6.07) is 0. The van der Waals surface area contributed by atoms with Crippen molar-refractivity contribution in [2.75, 3.05) is 13.1 Å². The molecule has 0 saturated carbocycles. The van der Waals surface area contributed by atoms with Crippen LogP contribution < -0.4 is 5.32 Å². The molecule has 5 heteroatoms. The van der Waals surface area contributed by atoms with Gasteiger partial charge in [-0.25, -0.2) is 9.59 Å². The minimum Gasteiger partial charge on any atom is -0.456 e. The van der Waals surface area contributed by atoms with Crippen LogP contribution in [0.1, 0.15) is 54.4 Å². The average molecular weight is 297 g/mol. The summed E-state index contributed by atoms with van der Waals surface area (Å²) in [5, 5.41) is 3.21. The fourth-order valence-corrected chi connectivity index (χ4v) is 2.01. The molecule has 1 saturated heterocycles. The summed E-state index contributed by atoms with van der Waals surface area (Å²) in [5.41, 5.74) is -0.395. The fraction of sp³-hybridized carbons (Fsp3) is 0.750. The topological polar surface area (TPSA) is 64.6 Å². The average Bonchev–Trinajstić information content (AvgIpc) is 2.25. The number of carbonyl (C=O) groups is 2. The highest BCUT2D eigenvalue weighted by Crippen LogP contribution is 2.23. The lowest BCUT2D eigenvalue weighted by Gasteiger charge is -2.25. The van der Waals surface area contributed by atoms with Crippen LogP contribution in [0.4, 0.5) is 0 Å². The zero-order chi connectivity index (χ0) is 16.3. The minimum atomic E-state index is -0.641. The van der Waals surface area contributed by atoms with E-state index in [2.05, 4.69) is 5.32 Å². The second-order valence-electron chi connectivity index (χ2n) is 7.23. The van der Waals surface area contributed by atoms with Crippen LogP contribution in [0, 0.1) is 0 Å². The van der Waals surface area contributed by atoms with Crippen molar-refractivity contribution < 1.29 is 19.1 Å². The predicted octanol–water partition coefficient (Wildman–Crippen LogP) is 2.35. The number of carbonyl (C=O) groups excluding carboxylic acids is 2. The molecular weight excluding hydrogens is 270 g/mol. The van der Waals surface area contributed by atoms with E-state index in [0.717, 1.165) is 18.7 Å². The van der Waals surface area contributed by atoms with Gasteiger partial charge in [0.05, 0.1) is 0 Å². The van der Waals surface area contributed by atoms with Gasteiger partial charge in [-0.3, -0.25) is 0 Å². The molecule has 1 fully saturated rings. The standard InChI is InChI=1S/C16H27NO4/c1-15(2,3)20-13(18)12(11-7-9-17-10-8-11)14(19)21-16(4,5)6/h17H,7-10H2,1-6H3. The van der Waals surface area contributed by atoms with E-state index in [9.17, 15) is 9.59 Å². The van der Waals surface area contributed by atoms with E-state index >= 15 is 0 Å². The largest absolute Gasteiger partial charge is 0.456 e. The maximum atomic E-state index is 12.4. The number of nitrogens with one attached hydrogen (secondary N) is 1. The molecule has 0 atom stereocenters. The van der Waals surface area contributed by atoms with Gasteiger partial charge in [0.15, 0.2) is 0 Å². The van der Waals surface area contributed by atoms with Gasteiger partial charge in [0.25, 0.3) is 0 Å². The van der Waals surface area contributed by atoms with Crippen LogP contribution >= 0.6 is 0 Å². The van der Waals surface area contributed by atoms with Gasteiger partial charge in [0.2, 0.25) is 0 Å². The molecule has 0 unspecified atom stereocenters. The molecule has 1 N–H and O–H groups in total. The monoisotopic (exact) mass is 297 g/mol. The van der Waals surface area contributed by atoms with Gasteiger partial charge in [0.1, 0.15) is 16.8 Å². The molecular formula is C16H27NO4. The zero-order valence-corrected chi connectivity index (χ0v) is 14.0. The van der Waals surface area contributed by atoms with Crippen LogP contribution in [-0.2, 0) is 19.1 Å². The Labute approximate surface area is 127 Å². The van der Waals surface area contributed by atoms with Crippen LogP contribution in [0.2, 0.25) is 0 Å². The lowest BCUT2D eigenvalue weighted by Crippen LogP contribution is -2.34. The van der Waals surface area contributed by atoms with E-state index in [-0.39, 0.29) is 5.57 Å². The number of piperidine rings is 1. The molecule has 0 radical (unpaired) electrons. The minimum absolute atomic E-state index is 0.0707. The highest BCUT2D eigenvalue weighted by molar-refractivity contribution is 6.15. The summed E-state index contributed by atoms with van der Waals surface area (Å²) in [6.45, 7) is 12.2. The Morgan fingerprint density at radius 2 is 1.24 bits per heavy atom. The van der Waals surface area contributed by atoms with Gasteiger partial charge in [-0.05, 0) is 73.0 Å². The molecule has 21 heavy (non-hydrogen) atoms. The van der Waals surface area contributed by atoms with Crippen molar-refractivity contribution in [1.82, 2.24) is 5.32 Å². The number of rotatable bonds is 2.